The zero-order valence-corrected chi connectivity index (χ0v) is 15.3. The third kappa shape index (κ3) is 4.80. The highest BCUT2D eigenvalue weighted by atomic mass is 19.4. The average molecular weight is 401 g/mol. The SMILES string of the molecule is CN1CCNC(=O)C12CCN(C(=O)c1ccccc1)CC2.O=C(O)C(F)(F)F. The Hall–Kier alpha value is -2.62. The highest BCUT2D eigenvalue weighted by Gasteiger charge is 2.47. The summed E-state index contributed by atoms with van der Waals surface area (Å²) in [4.78, 5) is 37.6. The van der Waals surface area contributed by atoms with Crippen LogP contribution >= 0.6 is 0 Å². The van der Waals surface area contributed by atoms with Crippen molar-refractivity contribution >= 4 is 17.8 Å². The van der Waals surface area contributed by atoms with Crippen LogP contribution in [0, 0.1) is 0 Å². The molecule has 0 unspecified atom stereocenters. The molecule has 0 aliphatic carbocycles. The van der Waals surface area contributed by atoms with Crippen LogP contribution in [-0.2, 0) is 9.59 Å². The van der Waals surface area contributed by atoms with Gasteiger partial charge in [-0.1, -0.05) is 18.2 Å². The minimum absolute atomic E-state index is 0.0596. The molecule has 28 heavy (non-hydrogen) atoms. The van der Waals surface area contributed by atoms with Gasteiger partial charge < -0.3 is 15.3 Å². The Morgan fingerprint density at radius 2 is 1.64 bits per heavy atom. The quantitative estimate of drug-likeness (QED) is 0.742. The molecule has 0 atom stereocenters. The number of halogens is 3. The van der Waals surface area contributed by atoms with Crippen molar-refractivity contribution in [3.05, 3.63) is 35.9 Å². The molecular formula is C18H22F3N3O4. The van der Waals surface area contributed by atoms with Crippen molar-refractivity contribution in [1.82, 2.24) is 15.1 Å². The molecule has 0 aromatic heterocycles. The predicted molar refractivity (Wildman–Crippen MR) is 93.6 cm³/mol. The molecule has 7 nitrogen and oxygen atoms in total. The second kappa shape index (κ2) is 8.59. The maximum Gasteiger partial charge on any atom is 0.490 e. The van der Waals surface area contributed by atoms with E-state index in [0.29, 0.717) is 32.5 Å². The van der Waals surface area contributed by atoms with Gasteiger partial charge in [0, 0.05) is 31.7 Å². The third-order valence-corrected chi connectivity index (χ3v) is 5.03. The van der Waals surface area contributed by atoms with E-state index in [2.05, 4.69) is 10.2 Å². The van der Waals surface area contributed by atoms with Gasteiger partial charge in [0.05, 0.1) is 0 Å². The minimum Gasteiger partial charge on any atom is -0.475 e. The molecule has 3 rings (SSSR count). The summed E-state index contributed by atoms with van der Waals surface area (Å²) < 4.78 is 31.7. The van der Waals surface area contributed by atoms with Gasteiger partial charge in [-0.25, -0.2) is 4.79 Å². The molecule has 2 heterocycles. The van der Waals surface area contributed by atoms with Crippen LogP contribution in [0.3, 0.4) is 0 Å². The smallest absolute Gasteiger partial charge is 0.475 e. The molecule has 2 amide bonds. The number of carbonyl (C=O) groups excluding carboxylic acids is 2. The molecule has 154 valence electrons. The Kier molecular flexibility index (Phi) is 6.65. The standard InChI is InChI=1S/C16H21N3O2.C2HF3O2/c1-18-12-9-17-15(21)16(18)7-10-19(11-8-16)14(20)13-5-3-2-4-6-13;3-2(4,5)1(6)7/h2-6H,7-12H2,1H3,(H,17,21);(H,6,7). The average Bonchev–Trinajstić information content (AvgIpc) is 2.66. The van der Waals surface area contributed by atoms with E-state index >= 15 is 0 Å². The number of carbonyl (C=O) groups is 3. The van der Waals surface area contributed by atoms with Gasteiger partial charge in [-0.05, 0) is 32.0 Å². The van der Waals surface area contributed by atoms with E-state index in [4.69, 9.17) is 9.90 Å². The Labute approximate surface area is 160 Å². The van der Waals surface area contributed by atoms with Gasteiger partial charge in [-0.3, -0.25) is 14.5 Å². The maximum atomic E-state index is 12.4. The Morgan fingerprint density at radius 1 is 1.11 bits per heavy atom. The van der Waals surface area contributed by atoms with Gasteiger partial charge in [0.1, 0.15) is 5.54 Å². The molecular weight excluding hydrogens is 379 g/mol. The fourth-order valence-electron chi connectivity index (χ4n) is 3.34. The van der Waals surface area contributed by atoms with Crippen LogP contribution in [0.15, 0.2) is 30.3 Å². The lowest BCUT2D eigenvalue weighted by Crippen LogP contribution is -2.67. The highest BCUT2D eigenvalue weighted by molar-refractivity contribution is 5.94. The van der Waals surface area contributed by atoms with Crippen LogP contribution in [0.25, 0.3) is 0 Å². The van der Waals surface area contributed by atoms with Crippen molar-refractivity contribution in [2.45, 2.75) is 24.6 Å². The highest BCUT2D eigenvalue weighted by Crippen LogP contribution is 2.30. The minimum atomic E-state index is -5.08. The first kappa shape index (κ1) is 21.7. The number of hydrogen-bond donors (Lipinski definition) is 2. The summed E-state index contributed by atoms with van der Waals surface area (Å²) in [5.41, 5.74) is 0.293. The van der Waals surface area contributed by atoms with Crippen molar-refractivity contribution in [2.75, 3.05) is 33.2 Å². The molecule has 2 saturated heterocycles. The van der Waals surface area contributed by atoms with E-state index in [1.807, 2.05) is 42.3 Å². The number of carboxylic acid groups (broad SMARTS) is 1. The molecule has 2 aliphatic heterocycles. The van der Waals surface area contributed by atoms with Crippen LogP contribution in [0.2, 0.25) is 0 Å². The van der Waals surface area contributed by atoms with Gasteiger partial charge in [-0.2, -0.15) is 13.2 Å². The van der Waals surface area contributed by atoms with Crippen molar-refractivity contribution < 1.29 is 32.7 Å². The zero-order valence-electron chi connectivity index (χ0n) is 15.3. The zero-order chi connectivity index (χ0) is 20.9. The van der Waals surface area contributed by atoms with E-state index in [9.17, 15) is 22.8 Å². The van der Waals surface area contributed by atoms with Crippen molar-refractivity contribution in [1.29, 1.82) is 0 Å². The number of piperazine rings is 1. The molecule has 1 aromatic carbocycles. The molecule has 1 aromatic rings. The fourth-order valence-corrected chi connectivity index (χ4v) is 3.34. The lowest BCUT2D eigenvalue weighted by Gasteiger charge is -2.48. The Bertz CT molecular complexity index is 717. The molecule has 1 spiro atoms. The number of likely N-dealkylation sites (tertiary alicyclic amines) is 1. The number of carboxylic acids is 1. The van der Waals surface area contributed by atoms with Crippen molar-refractivity contribution in [2.24, 2.45) is 0 Å². The van der Waals surface area contributed by atoms with Gasteiger partial charge >= 0.3 is 12.1 Å². The molecule has 2 N–H and O–H groups in total. The first-order valence-corrected chi connectivity index (χ1v) is 8.72. The third-order valence-electron chi connectivity index (χ3n) is 5.03. The van der Waals surface area contributed by atoms with Gasteiger partial charge in [0.25, 0.3) is 5.91 Å². The summed E-state index contributed by atoms with van der Waals surface area (Å²) in [7, 11) is 2.01. The number of benzene rings is 1. The summed E-state index contributed by atoms with van der Waals surface area (Å²) in [6.45, 7) is 2.85. The van der Waals surface area contributed by atoms with Gasteiger partial charge in [0.15, 0.2) is 0 Å². The summed E-state index contributed by atoms with van der Waals surface area (Å²) in [5.74, 6) is -2.58. The molecule has 0 radical (unpaired) electrons. The number of hydrogen-bond acceptors (Lipinski definition) is 4. The fraction of sp³-hybridized carbons (Fsp3) is 0.500. The largest absolute Gasteiger partial charge is 0.490 e. The second-order valence-corrected chi connectivity index (χ2v) is 6.67. The van der Waals surface area contributed by atoms with E-state index in [0.717, 1.165) is 12.1 Å². The number of nitrogens with one attached hydrogen (secondary N) is 1. The van der Waals surface area contributed by atoms with E-state index in [1.165, 1.54) is 0 Å². The van der Waals surface area contributed by atoms with Gasteiger partial charge in [0.2, 0.25) is 5.91 Å². The predicted octanol–water partition coefficient (Wildman–Crippen LogP) is 1.36. The molecule has 0 saturated carbocycles. The molecule has 2 fully saturated rings. The summed E-state index contributed by atoms with van der Waals surface area (Å²) in [6, 6.07) is 9.34. The summed E-state index contributed by atoms with van der Waals surface area (Å²) in [5, 5.41) is 10.1. The van der Waals surface area contributed by atoms with Crippen LogP contribution in [0.4, 0.5) is 13.2 Å². The summed E-state index contributed by atoms with van der Waals surface area (Å²) in [6.07, 6.45) is -3.68. The van der Waals surface area contributed by atoms with Crippen LogP contribution in [0.1, 0.15) is 23.2 Å². The normalized spacial score (nSPS) is 19.4. The number of nitrogens with zero attached hydrogens (tertiary/aromatic N) is 2. The number of alkyl halides is 3. The van der Waals surface area contributed by atoms with Gasteiger partial charge in [-0.15, -0.1) is 0 Å². The number of likely N-dealkylation sites (N-methyl/N-ethyl adjacent to an activating group) is 1. The number of rotatable bonds is 1. The number of piperidine rings is 1. The first-order valence-electron chi connectivity index (χ1n) is 8.72. The Balaban J connectivity index is 0.000000345. The topological polar surface area (TPSA) is 90.0 Å². The van der Waals surface area contributed by atoms with Crippen molar-refractivity contribution in [3.8, 4) is 0 Å². The van der Waals surface area contributed by atoms with Crippen LogP contribution in [0.5, 0.6) is 0 Å². The second-order valence-electron chi connectivity index (χ2n) is 6.67. The lowest BCUT2D eigenvalue weighted by molar-refractivity contribution is -0.192. The van der Waals surface area contributed by atoms with E-state index < -0.39 is 17.7 Å². The summed E-state index contributed by atoms with van der Waals surface area (Å²) >= 11 is 0. The molecule has 10 heteroatoms. The molecule has 2 aliphatic rings. The number of amides is 2. The van der Waals surface area contributed by atoms with Crippen LogP contribution in [-0.4, -0.2) is 77.6 Å². The van der Waals surface area contributed by atoms with Crippen LogP contribution < -0.4 is 5.32 Å². The number of aliphatic carboxylic acids is 1. The van der Waals surface area contributed by atoms with E-state index in [1.54, 1.807) is 0 Å². The van der Waals surface area contributed by atoms with Crippen molar-refractivity contribution in [3.63, 3.8) is 0 Å². The lowest BCUT2D eigenvalue weighted by atomic mass is 9.83. The Morgan fingerprint density at radius 3 is 2.11 bits per heavy atom. The monoisotopic (exact) mass is 401 g/mol. The first-order chi connectivity index (χ1) is 13.1. The van der Waals surface area contributed by atoms with E-state index in [-0.39, 0.29) is 11.8 Å². The molecule has 0 bridgehead atoms. The maximum absolute atomic E-state index is 12.4.